The molecule has 0 bridgehead atoms. The van der Waals surface area contributed by atoms with Gasteiger partial charge in [-0.1, -0.05) is 18.2 Å². The molecular formula is C14H19N3O2. The minimum absolute atomic E-state index is 0.0917. The maximum absolute atomic E-state index is 11.8. The molecule has 2 atom stereocenters. The van der Waals surface area contributed by atoms with Gasteiger partial charge in [0.2, 0.25) is 5.91 Å². The molecule has 0 fully saturated rings. The largest absolute Gasteiger partial charge is 0.394 e. The van der Waals surface area contributed by atoms with Crippen molar-refractivity contribution in [2.24, 2.45) is 5.73 Å². The zero-order valence-corrected chi connectivity index (χ0v) is 10.9. The van der Waals surface area contributed by atoms with E-state index in [0.717, 1.165) is 16.5 Å². The Hall–Kier alpha value is -1.85. The molecule has 5 N–H and O–H groups in total. The Balaban J connectivity index is 2.06. The molecule has 2 rings (SSSR count). The van der Waals surface area contributed by atoms with E-state index in [-0.39, 0.29) is 18.6 Å². The lowest BCUT2D eigenvalue weighted by Gasteiger charge is -2.15. The van der Waals surface area contributed by atoms with Gasteiger partial charge in [0.1, 0.15) is 0 Å². The molecule has 5 nitrogen and oxygen atoms in total. The molecule has 102 valence electrons. The fourth-order valence-corrected chi connectivity index (χ4v) is 2.03. The smallest absolute Gasteiger partial charge is 0.237 e. The molecule has 5 heteroatoms. The van der Waals surface area contributed by atoms with E-state index in [2.05, 4.69) is 10.3 Å². The van der Waals surface area contributed by atoms with E-state index in [1.807, 2.05) is 30.5 Å². The molecule has 0 aliphatic rings. The van der Waals surface area contributed by atoms with Crippen molar-refractivity contribution in [1.29, 1.82) is 0 Å². The van der Waals surface area contributed by atoms with Crippen LogP contribution in [0.25, 0.3) is 10.9 Å². The summed E-state index contributed by atoms with van der Waals surface area (Å²) in [7, 11) is 0. The van der Waals surface area contributed by atoms with Crippen LogP contribution in [0.1, 0.15) is 12.5 Å². The number of rotatable bonds is 5. The van der Waals surface area contributed by atoms with Crippen LogP contribution in [0.15, 0.2) is 30.5 Å². The predicted molar refractivity (Wildman–Crippen MR) is 74.7 cm³/mol. The third kappa shape index (κ3) is 3.13. The number of nitrogens with two attached hydrogens (primary N) is 1. The average molecular weight is 261 g/mol. The van der Waals surface area contributed by atoms with Crippen LogP contribution in [0.5, 0.6) is 0 Å². The van der Waals surface area contributed by atoms with Gasteiger partial charge >= 0.3 is 0 Å². The van der Waals surface area contributed by atoms with Crippen LogP contribution in [0, 0.1) is 0 Å². The van der Waals surface area contributed by atoms with Gasteiger partial charge in [-0.15, -0.1) is 0 Å². The molecule has 1 aromatic carbocycles. The number of aromatic amines is 1. The first-order valence-electron chi connectivity index (χ1n) is 6.33. The predicted octanol–water partition coefficient (Wildman–Crippen LogP) is 0.535. The van der Waals surface area contributed by atoms with Gasteiger partial charge in [0, 0.05) is 23.1 Å². The van der Waals surface area contributed by atoms with Crippen molar-refractivity contribution < 1.29 is 9.90 Å². The Labute approximate surface area is 111 Å². The average Bonchev–Trinajstić information content (AvgIpc) is 2.82. The summed E-state index contributed by atoms with van der Waals surface area (Å²) in [5.74, 6) is -0.244. The highest BCUT2D eigenvalue weighted by Crippen LogP contribution is 2.18. The minimum Gasteiger partial charge on any atom is -0.394 e. The molecule has 0 saturated heterocycles. The third-order valence-electron chi connectivity index (χ3n) is 3.11. The van der Waals surface area contributed by atoms with Crippen LogP contribution in [-0.4, -0.2) is 34.7 Å². The SMILES string of the molecule is C[C@H](CO)NC(=O)[C@H](N)Cc1c[nH]c2ccccc12. The third-order valence-corrected chi connectivity index (χ3v) is 3.11. The molecule has 1 aromatic heterocycles. The zero-order valence-electron chi connectivity index (χ0n) is 10.9. The number of carbonyl (C=O) groups is 1. The Bertz CT molecular complexity index is 565. The first-order chi connectivity index (χ1) is 9.11. The van der Waals surface area contributed by atoms with Gasteiger partial charge in [0.25, 0.3) is 0 Å². The van der Waals surface area contributed by atoms with E-state index in [1.54, 1.807) is 6.92 Å². The molecular weight excluding hydrogens is 242 g/mol. The summed E-state index contributed by atoms with van der Waals surface area (Å²) in [6, 6.07) is 7.01. The van der Waals surface area contributed by atoms with Crippen molar-refractivity contribution in [3.05, 3.63) is 36.0 Å². The van der Waals surface area contributed by atoms with Crippen LogP contribution in [0.2, 0.25) is 0 Å². The van der Waals surface area contributed by atoms with Crippen molar-refractivity contribution in [3.8, 4) is 0 Å². The molecule has 0 aliphatic heterocycles. The lowest BCUT2D eigenvalue weighted by Crippen LogP contribution is -2.46. The second kappa shape index (κ2) is 5.86. The van der Waals surface area contributed by atoms with Gasteiger partial charge < -0.3 is 21.1 Å². The summed E-state index contributed by atoms with van der Waals surface area (Å²) < 4.78 is 0. The normalized spacial score (nSPS) is 14.3. The van der Waals surface area contributed by atoms with Crippen molar-refractivity contribution in [3.63, 3.8) is 0 Å². The number of nitrogens with one attached hydrogen (secondary N) is 2. The number of amides is 1. The van der Waals surface area contributed by atoms with Crippen LogP contribution in [0.4, 0.5) is 0 Å². The Morgan fingerprint density at radius 3 is 2.95 bits per heavy atom. The molecule has 1 heterocycles. The Morgan fingerprint density at radius 1 is 1.47 bits per heavy atom. The lowest BCUT2D eigenvalue weighted by atomic mass is 10.0. The summed E-state index contributed by atoms with van der Waals surface area (Å²) in [4.78, 5) is 15.0. The minimum atomic E-state index is -0.617. The second-order valence-electron chi connectivity index (χ2n) is 4.76. The van der Waals surface area contributed by atoms with Gasteiger partial charge in [0.15, 0.2) is 0 Å². The van der Waals surface area contributed by atoms with E-state index in [1.165, 1.54) is 0 Å². The van der Waals surface area contributed by atoms with Gasteiger partial charge in [-0.25, -0.2) is 0 Å². The van der Waals surface area contributed by atoms with Crippen LogP contribution in [-0.2, 0) is 11.2 Å². The van der Waals surface area contributed by atoms with E-state index >= 15 is 0 Å². The molecule has 0 spiro atoms. The van der Waals surface area contributed by atoms with Crippen LogP contribution >= 0.6 is 0 Å². The van der Waals surface area contributed by atoms with Gasteiger partial charge in [-0.2, -0.15) is 0 Å². The maximum Gasteiger partial charge on any atom is 0.237 e. The maximum atomic E-state index is 11.8. The molecule has 1 amide bonds. The van der Waals surface area contributed by atoms with Crippen molar-refractivity contribution in [1.82, 2.24) is 10.3 Å². The molecule has 0 unspecified atom stereocenters. The molecule has 19 heavy (non-hydrogen) atoms. The second-order valence-corrected chi connectivity index (χ2v) is 4.76. The number of para-hydroxylation sites is 1. The first-order valence-corrected chi connectivity index (χ1v) is 6.33. The van der Waals surface area contributed by atoms with Crippen molar-refractivity contribution in [2.45, 2.75) is 25.4 Å². The van der Waals surface area contributed by atoms with E-state index in [0.29, 0.717) is 6.42 Å². The van der Waals surface area contributed by atoms with Crippen molar-refractivity contribution >= 4 is 16.8 Å². The quantitative estimate of drug-likeness (QED) is 0.633. The summed E-state index contributed by atoms with van der Waals surface area (Å²) in [5, 5.41) is 12.7. The topological polar surface area (TPSA) is 91.1 Å². The first kappa shape index (κ1) is 13.6. The van der Waals surface area contributed by atoms with E-state index in [9.17, 15) is 4.79 Å². The summed E-state index contributed by atoms with van der Waals surface area (Å²) in [6.07, 6.45) is 2.35. The zero-order chi connectivity index (χ0) is 13.8. The van der Waals surface area contributed by atoms with Crippen LogP contribution in [0.3, 0.4) is 0 Å². The molecule has 0 radical (unpaired) electrons. The number of benzene rings is 1. The fourth-order valence-electron chi connectivity index (χ4n) is 2.03. The Morgan fingerprint density at radius 2 is 2.21 bits per heavy atom. The highest BCUT2D eigenvalue weighted by Gasteiger charge is 2.17. The molecule has 0 saturated carbocycles. The number of fused-ring (bicyclic) bond motifs is 1. The summed E-state index contributed by atoms with van der Waals surface area (Å²) >= 11 is 0. The number of hydrogen-bond donors (Lipinski definition) is 4. The number of H-pyrrole nitrogens is 1. The molecule has 2 aromatic rings. The standard InChI is InChI=1S/C14H19N3O2/c1-9(8-18)17-14(19)12(15)6-10-7-16-13-5-3-2-4-11(10)13/h2-5,7,9,12,16,18H,6,8,15H2,1H3,(H,17,19)/t9-,12-/m1/s1. The number of hydrogen-bond acceptors (Lipinski definition) is 3. The molecule has 0 aliphatic carbocycles. The summed E-state index contributed by atoms with van der Waals surface area (Å²) in [6.45, 7) is 1.64. The summed E-state index contributed by atoms with van der Waals surface area (Å²) in [5.41, 5.74) is 7.95. The number of aromatic nitrogens is 1. The highest BCUT2D eigenvalue weighted by atomic mass is 16.3. The van der Waals surface area contributed by atoms with Gasteiger partial charge in [-0.05, 0) is 25.0 Å². The van der Waals surface area contributed by atoms with Gasteiger partial charge in [-0.3, -0.25) is 4.79 Å². The van der Waals surface area contributed by atoms with Crippen LogP contribution < -0.4 is 11.1 Å². The highest BCUT2D eigenvalue weighted by molar-refractivity contribution is 5.86. The fraction of sp³-hybridized carbons (Fsp3) is 0.357. The number of carbonyl (C=O) groups excluding carboxylic acids is 1. The monoisotopic (exact) mass is 261 g/mol. The van der Waals surface area contributed by atoms with E-state index in [4.69, 9.17) is 10.8 Å². The number of aliphatic hydroxyl groups is 1. The van der Waals surface area contributed by atoms with Gasteiger partial charge in [0.05, 0.1) is 12.6 Å². The van der Waals surface area contributed by atoms with E-state index < -0.39 is 6.04 Å². The number of aliphatic hydroxyl groups excluding tert-OH is 1. The Kier molecular flexibility index (Phi) is 4.19. The lowest BCUT2D eigenvalue weighted by molar-refractivity contribution is -0.123. The van der Waals surface area contributed by atoms with Crippen molar-refractivity contribution in [2.75, 3.05) is 6.61 Å².